The molecule has 0 bridgehead atoms. The molecule has 2 aliphatic rings. The van der Waals surface area contributed by atoms with E-state index in [9.17, 15) is 4.79 Å². The van der Waals surface area contributed by atoms with Gasteiger partial charge in [0.05, 0.1) is 13.2 Å². The van der Waals surface area contributed by atoms with Gasteiger partial charge in [0.2, 0.25) is 0 Å². The van der Waals surface area contributed by atoms with Crippen LogP contribution in [-0.2, 0) is 14.3 Å². The van der Waals surface area contributed by atoms with E-state index in [4.69, 9.17) is 9.47 Å². The maximum atomic E-state index is 11.7. The number of hydrogen-bond acceptors (Lipinski definition) is 3. The summed E-state index contributed by atoms with van der Waals surface area (Å²) in [5.74, 6) is 3.90. The fourth-order valence-corrected chi connectivity index (χ4v) is 5.82. The van der Waals surface area contributed by atoms with Crippen molar-refractivity contribution in [3.8, 4) is 0 Å². The lowest BCUT2D eigenvalue weighted by atomic mass is 9.68. The van der Waals surface area contributed by atoms with Crippen molar-refractivity contribution in [3.63, 3.8) is 0 Å². The number of unbranched alkanes of at least 4 members (excludes halogenated alkanes) is 2. The minimum absolute atomic E-state index is 0.281. The van der Waals surface area contributed by atoms with Crippen LogP contribution < -0.4 is 0 Å². The number of esters is 1. The molecule has 0 aromatic carbocycles. The summed E-state index contributed by atoms with van der Waals surface area (Å²) in [7, 11) is 1.73. The Hall–Kier alpha value is -0.830. The molecule has 0 aliphatic heterocycles. The summed E-state index contributed by atoms with van der Waals surface area (Å²) in [5, 5.41) is 0. The largest absolute Gasteiger partial charge is 0.462 e. The van der Waals surface area contributed by atoms with Crippen molar-refractivity contribution in [2.24, 2.45) is 29.6 Å². The normalized spacial score (nSPS) is 28.1. The van der Waals surface area contributed by atoms with Gasteiger partial charge in [-0.05, 0) is 69.1 Å². The lowest BCUT2D eigenvalue weighted by molar-refractivity contribution is -0.140. The third-order valence-electron chi connectivity index (χ3n) is 7.85. The van der Waals surface area contributed by atoms with Gasteiger partial charge in [-0.15, -0.1) is 0 Å². The summed E-state index contributed by atoms with van der Waals surface area (Å²) in [6.07, 6.45) is 19.7. The van der Waals surface area contributed by atoms with Crippen LogP contribution >= 0.6 is 0 Å². The van der Waals surface area contributed by atoms with Crippen molar-refractivity contribution >= 4 is 5.97 Å². The van der Waals surface area contributed by atoms with Crippen molar-refractivity contribution in [1.29, 1.82) is 0 Å². The third kappa shape index (κ3) is 9.12. The Kier molecular flexibility index (Phi) is 12.1. The minimum Gasteiger partial charge on any atom is -0.462 e. The minimum atomic E-state index is -0.281. The van der Waals surface area contributed by atoms with E-state index in [-0.39, 0.29) is 5.97 Å². The Morgan fingerprint density at radius 2 is 1.47 bits per heavy atom. The zero-order valence-corrected chi connectivity index (χ0v) is 20.1. The molecule has 174 valence electrons. The van der Waals surface area contributed by atoms with Crippen molar-refractivity contribution < 1.29 is 14.3 Å². The molecule has 2 fully saturated rings. The van der Waals surface area contributed by atoms with Crippen LogP contribution in [0.15, 0.2) is 12.2 Å². The van der Waals surface area contributed by atoms with Crippen molar-refractivity contribution in [2.75, 3.05) is 20.3 Å². The highest BCUT2D eigenvalue weighted by atomic mass is 16.5. The van der Waals surface area contributed by atoms with Crippen LogP contribution in [0.3, 0.4) is 0 Å². The molecule has 0 amide bonds. The molecule has 0 heterocycles. The Morgan fingerprint density at radius 1 is 0.900 bits per heavy atom. The smallest absolute Gasteiger partial charge is 0.333 e. The average Bonchev–Trinajstić information content (AvgIpc) is 2.76. The van der Waals surface area contributed by atoms with E-state index in [1.54, 1.807) is 14.0 Å². The number of hydrogen-bond donors (Lipinski definition) is 0. The number of rotatable bonds is 13. The van der Waals surface area contributed by atoms with Gasteiger partial charge < -0.3 is 9.47 Å². The molecule has 3 nitrogen and oxygen atoms in total. The fourth-order valence-electron chi connectivity index (χ4n) is 5.82. The van der Waals surface area contributed by atoms with Crippen LogP contribution in [0.4, 0.5) is 0 Å². The van der Waals surface area contributed by atoms with E-state index in [0.29, 0.717) is 24.7 Å². The van der Waals surface area contributed by atoms with Crippen molar-refractivity contribution in [1.82, 2.24) is 0 Å². The summed E-state index contributed by atoms with van der Waals surface area (Å²) in [4.78, 5) is 11.7. The Morgan fingerprint density at radius 3 is 1.97 bits per heavy atom. The van der Waals surface area contributed by atoms with E-state index in [1.165, 1.54) is 83.5 Å². The van der Waals surface area contributed by atoms with Crippen LogP contribution in [0.25, 0.3) is 0 Å². The summed E-state index contributed by atoms with van der Waals surface area (Å²) in [6.45, 7) is 8.79. The Balaban J connectivity index is 1.63. The molecular weight excluding hydrogens is 372 g/mol. The first-order valence-electron chi connectivity index (χ1n) is 12.8. The van der Waals surface area contributed by atoms with E-state index < -0.39 is 0 Å². The first-order chi connectivity index (χ1) is 14.5. The monoisotopic (exact) mass is 420 g/mol. The van der Waals surface area contributed by atoms with Gasteiger partial charge in [-0.25, -0.2) is 4.79 Å². The Labute approximate surface area is 186 Å². The lowest BCUT2D eigenvalue weighted by Crippen LogP contribution is -2.26. The molecule has 0 saturated heterocycles. The summed E-state index contributed by atoms with van der Waals surface area (Å²) < 4.78 is 10.7. The van der Waals surface area contributed by atoms with Crippen molar-refractivity contribution in [3.05, 3.63) is 12.2 Å². The quantitative estimate of drug-likeness (QED) is 0.178. The van der Waals surface area contributed by atoms with Crippen LogP contribution in [0.5, 0.6) is 0 Å². The van der Waals surface area contributed by atoms with E-state index in [1.807, 2.05) is 0 Å². The second kappa shape index (κ2) is 14.3. The standard InChI is InChI=1S/C27H48O3/c1-5-6-7-8-22-11-15-25(16-12-22)26-17-13-23(14-18-26)9-10-24(19-29-4)20-30-27(28)21(2)3/h22-26H,2,5-20H2,1,3-4H3. The predicted octanol–water partition coefficient (Wildman–Crippen LogP) is 7.34. The molecule has 1 unspecified atom stereocenters. The fraction of sp³-hybridized carbons (Fsp3) is 0.889. The van der Waals surface area contributed by atoms with Gasteiger partial charge >= 0.3 is 5.97 Å². The van der Waals surface area contributed by atoms with Crippen LogP contribution in [0.1, 0.15) is 104 Å². The third-order valence-corrected chi connectivity index (χ3v) is 7.85. The van der Waals surface area contributed by atoms with E-state index >= 15 is 0 Å². The summed E-state index contributed by atoms with van der Waals surface area (Å²) in [6, 6.07) is 0. The highest BCUT2D eigenvalue weighted by Crippen LogP contribution is 2.43. The molecule has 3 heteroatoms. The van der Waals surface area contributed by atoms with Gasteiger partial charge in [-0.2, -0.15) is 0 Å². The predicted molar refractivity (Wildman–Crippen MR) is 125 cm³/mol. The first-order valence-corrected chi connectivity index (χ1v) is 12.8. The average molecular weight is 421 g/mol. The molecule has 0 spiro atoms. The first kappa shape index (κ1) is 25.4. The second-order valence-corrected chi connectivity index (χ2v) is 10.3. The molecule has 0 aromatic heterocycles. The second-order valence-electron chi connectivity index (χ2n) is 10.3. The molecule has 30 heavy (non-hydrogen) atoms. The maximum Gasteiger partial charge on any atom is 0.333 e. The molecule has 2 rings (SSSR count). The number of carbonyl (C=O) groups excluding carboxylic acids is 1. The molecule has 0 radical (unpaired) electrons. The zero-order valence-electron chi connectivity index (χ0n) is 20.1. The molecule has 0 N–H and O–H groups in total. The van der Waals surface area contributed by atoms with Gasteiger partial charge in [-0.3, -0.25) is 0 Å². The number of methoxy groups -OCH3 is 1. The zero-order chi connectivity index (χ0) is 21.8. The number of ether oxygens (including phenoxy) is 2. The molecular formula is C27H48O3. The highest BCUT2D eigenvalue weighted by molar-refractivity contribution is 5.86. The van der Waals surface area contributed by atoms with Gasteiger partial charge in [0.1, 0.15) is 0 Å². The SMILES string of the molecule is C=C(C)C(=O)OCC(CCC1CCC(C2CCC(CCCCC)CC2)CC1)COC. The van der Waals surface area contributed by atoms with Gasteiger partial charge in [0.15, 0.2) is 0 Å². The van der Waals surface area contributed by atoms with Gasteiger partial charge in [-0.1, -0.05) is 64.9 Å². The lowest BCUT2D eigenvalue weighted by Gasteiger charge is -2.38. The topological polar surface area (TPSA) is 35.5 Å². The number of carbonyl (C=O) groups is 1. The van der Waals surface area contributed by atoms with Crippen LogP contribution in [0.2, 0.25) is 0 Å². The summed E-state index contributed by atoms with van der Waals surface area (Å²) in [5.41, 5.74) is 0.472. The van der Waals surface area contributed by atoms with Gasteiger partial charge in [0, 0.05) is 18.6 Å². The van der Waals surface area contributed by atoms with Gasteiger partial charge in [0.25, 0.3) is 0 Å². The van der Waals surface area contributed by atoms with E-state index in [2.05, 4.69) is 13.5 Å². The molecule has 1 atom stereocenters. The van der Waals surface area contributed by atoms with E-state index in [0.717, 1.165) is 30.1 Å². The maximum absolute atomic E-state index is 11.7. The van der Waals surface area contributed by atoms with Crippen molar-refractivity contribution in [2.45, 2.75) is 104 Å². The Bertz CT molecular complexity index is 484. The van der Waals surface area contributed by atoms with Crippen LogP contribution in [0, 0.1) is 29.6 Å². The summed E-state index contributed by atoms with van der Waals surface area (Å²) >= 11 is 0. The highest BCUT2D eigenvalue weighted by Gasteiger charge is 2.31. The molecule has 0 aromatic rings. The van der Waals surface area contributed by atoms with Crippen LogP contribution in [-0.4, -0.2) is 26.3 Å². The molecule has 2 aliphatic carbocycles. The molecule has 2 saturated carbocycles.